The van der Waals surface area contributed by atoms with Gasteiger partial charge >= 0.3 is 6.18 Å². The van der Waals surface area contributed by atoms with E-state index >= 15 is 0 Å². The third-order valence-electron chi connectivity index (χ3n) is 6.48. The molecule has 1 aromatic carbocycles. The molecule has 5 rings (SSSR count). The van der Waals surface area contributed by atoms with Gasteiger partial charge in [0.15, 0.2) is 5.82 Å². The maximum Gasteiger partial charge on any atom is 0.392 e. The fourth-order valence-electron chi connectivity index (χ4n) is 4.38. The van der Waals surface area contributed by atoms with Gasteiger partial charge in [-0.15, -0.1) is 0 Å². The molecule has 0 fully saturated rings. The van der Waals surface area contributed by atoms with E-state index in [1.54, 1.807) is 31.2 Å². The molecule has 2 atom stereocenters. The fraction of sp³-hybridized carbons (Fsp3) is 0.375. The van der Waals surface area contributed by atoms with Gasteiger partial charge in [0.05, 0.1) is 17.2 Å². The third kappa shape index (κ3) is 5.11. The summed E-state index contributed by atoms with van der Waals surface area (Å²) in [5.41, 5.74) is -1.65. The lowest BCUT2D eigenvalue weighted by atomic mass is 9.98. The Morgan fingerprint density at radius 2 is 1.89 bits per heavy atom. The van der Waals surface area contributed by atoms with Crippen molar-refractivity contribution in [2.24, 2.45) is 5.92 Å². The van der Waals surface area contributed by atoms with Gasteiger partial charge in [-0.3, -0.25) is 9.20 Å². The molecule has 1 aliphatic heterocycles. The number of alkyl halides is 5. The quantitative estimate of drug-likeness (QED) is 0.281. The number of aromatic nitrogens is 6. The topological polar surface area (TPSA) is 90.0 Å². The van der Waals surface area contributed by atoms with Gasteiger partial charge in [0, 0.05) is 37.5 Å². The van der Waals surface area contributed by atoms with Crippen molar-refractivity contribution >= 4 is 20.9 Å². The zero-order valence-corrected chi connectivity index (χ0v) is 21.3. The molecule has 1 aliphatic rings. The Bertz CT molecular complexity index is 1490. The highest BCUT2D eigenvalue weighted by Crippen LogP contribution is 2.35. The first-order valence-electron chi connectivity index (χ1n) is 11.9. The van der Waals surface area contributed by atoms with Crippen molar-refractivity contribution in [3.05, 3.63) is 65.0 Å². The predicted molar refractivity (Wildman–Crippen MR) is 130 cm³/mol. The lowest BCUT2D eigenvalue weighted by Crippen LogP contribution is -2.31. The minimum Gasteiger partial charge on any atom is -0.347 e. The number of amides is 1. The Hall–Kier alpha value is -3.47. The van der Waals surface area contributed by atoms with Crippen molar-refractivity contribution in [3.63, 3.8) is 0 Å². The van der Waals surface area contributed by atoms with Crippen molar-refractivity contribution in [1.29, 1.82) is 0 Å². The van der Waals surface area contributed by atoms with E-state index in [9.17, 15) is 26.7 Å². The molecule has 0 bridgehead atoms. The van der Waals surface area contributed by atoms with Crippen LogP contribution in [0.2, 0.25) is 0 Å². The van der Waals surface area contributed by atoms with E-state index in [-0.39, 0.29) is 43.0 Å². The van der Waals surface area contributed by atoms with E-state index in [1.165, 1.54) is 18.3 Å². The van der Waals surface area contributed by atoms with E-state index in [0.717, 1.165) is 18.0 Å². The average molecular weight is 551 g/mol. The number of nitrogens with zero attached hydrogens (tertiary/aromatic N) is 6. The van der Waals surface area contributed by atoms with Gasteiger partial charge in [0.25, 0.3) is 11.6 Å². The van der Waals surface area contributed by atoms with E-state index in [2.05, 4.69) is 25.4 Å². The molecule has 4 heterocycles. The standard InChI is InChI=1S/C24H23F5N7OP/c1-2-17-19(35-12-16(24(28,29)38)11-31-22(35)32-17)21(37)30-10-13-3-5-14(6-4-13)20-33-18-9-15(23(25,26)27)7-8-36(18)34-20/h3-6,11-12,15H,2,7-10,38H2,1H3,(H,30,37). The van der Waals surface area contributed by atoms with Crippen LogP contribution in [0.25, 0.3) is 17.2 Å². The Labute approximate surface area is 215 Å². The fourth-order valence-corrected chi connectivity index (χ4v) is 4.53. The summed E-state index contributed by atoms with van der Waals surface area (Å²) >= 11 is 0. The third-order valence-corrected chi connectivity index (χ3v) is 6.81. The molecule has 8 nitrogen and oxygen atoms in total. The summed E-state index contributed by atoms with van der Waals surface area (Å²) in [6.07, 6.45) is -1.91. The summed E-state index contributed by atoms with van der Waals surface area (Å²) in [4.78, 5) is 25.6. The number of halogens is 5. The lowest BCUT2D eigenvalue weighted by molar-refractivity contribution is -0.179. The van der Waals surface area contributed by atoms with Crippen LogP contribution in [0.5, 0.6) is 0 Å². The summed E-state index contributed by atoms with van der Waals surface area (Å²) < 4.78 is 69.6. The summed E-state index contributed by atoms with van der Waals surface area (Å²) in [5, 5.41) is 7.13. The SMILES string of the molecule is CCc1nc2ncc(C(F)(F)P)cn2c1C(=O)NCc1ccc(-c2nc3n(n2)CCC(C(F)(F)F)C3)cc1. The van der Waals surface area contributed by atoms with E-state index < -0.39 is 23.7 Å². The van der Waals surface area contributed by atoms with Gasteiger partial charge < -0.3 is 5.32 Å². The molecular weight excluding hydrogens is 528 g/mol. The van der Waals surface area contributed by atoms with Crippen molar-refractivity contribution in [2.75, 3.05) is 0 Å². The average Bonchev–Trinajstić information content (AvgIpc) is 3.47. The van der Waals surface area contributed by atoms with E-state index in [1.807, 2.05) is 0 Å². The molecule has 2 unspecified atom stereocenters. The second-order valence-corrected chi connectivity index (χ2v) is 9.81. The molecule has 200 valence electrons. The van der Waals surface area contributed by atoms with Crippen LogP contribution >= 0.6 is 9.24 Å². The Balaban J connectivity index is 1.30. The molecule has 0 saturated carbocycles. The van der Waals surface area contributed by atoms with Crippen molar-refractivity contribution in [2.45, 2.75) is 51.1 Å². The normalized spacial score (nSPS) is 16.0. The molecule has 3 aromatic heterocycles. The summed E-state index contributed by atoms with van der Waals surface area (Å²) in [6.45, 7) is 2.10. The van der Waals surface area contributed by atoms with Crippen molar-refractivity contribution in [3.8, 4) is 11.4 Å². The van der Waals surface area contributed by atoms with Gasteiger partial charge in [-0.1, -0.05) is 40.4 Å². The van der Waals surface area contributed by atoms with Gasteiger partial charge in [0.2, 0.25) is 5.78 Å². The number of carbonyl (C=O) groups is 1. The maximum absolute atomic E-state index is 13.8. The summed E-state index contributed by atoms with van der Waals surface area (Å²) in [6, 6.07) is 6.95. The molecule has 14 heteroatoms. The molecule has 0 spiro atoms. The second kappa shape index (κ2) is 9.68. The van der Waals surface area contributed by atoms with Crippen LogP contribution in [0.1, 0.15) is 46.5 Å². The number of hydrogen-bond donors (Lipinski definition) is 1. The van der Waals surface area contributed by atoms with Crippen LogP contribution in [0.4, 0.5) is 22.0 Å². The molecule has 1 amide bonds. The van der Waals surface area contributed by atoms with Crippen molar-refractivity contribution < 1.29 is 26.7 Å². The molecule has 0 aliphatic carbocycles. The number of fused-ring (bicyclic) bond motifs is 2. The number of hydrogen-bond acceptors (Lipinski definition) is 5. The molecular formula is C24H23F5N7OP. The number of rotatable bonds is 6. The van der Waals surface area contributed by atoms with Gasteiger partial charge in [-0.05, 0) is 18.4 Å². The van der Waals surface area contributed by atoms with E-state index in [0.29, 0.717) is 29.3 Å². The molecule has 4 aromatic rings. The maximum atomic E-state index is 13.8. The van der Waals surface area contributed by atoms with Gasteiger partial charge in [-0.25, -0.2) is 19.6 Å². The van der Waals surface area contributed by atoms with Crippen LogP contribution in [0, 0.1) is 5.92 Å². The van der Waals surface area contributed by atoms with Crippen LogP contribution in [0.15, 0.2) is 36.7 Å². The highest BCUT2D eigenvalue weighted by Gasteiger charge is 2.42. The van der Waals surface area contributed by atoms with E-state index in [4.69, 9.17) is 0 Å². The van der Waals surface area contributed by atoms with Crippen LogP contribution in [-0.4, -0.2) is 41.2 Å². The summed E-state index contributed by atoms with van der Waals surface area (Å²) in [5.74, 6) is -1.12. The van der Waals surface area contributed by atoms with Gasteiger partial charge in [-0.2, -0.15) is 27.1 Å². The molecule has 38 heavy (non-hydrogen) atoms. The molecule has 0 saturated heterocycles. The first kappa shape index (κ1) is 26.1. The highest BCUT2D eigenvalue weighted by atomic mass is 31.0. The number of nitrogens with one attached hydrogen (secondary N) is 1. The smallest absolute Gasteiger partial charge is 0.347 e. The first-order chi connectivity index (χ1) is 17.9. The van der Waals surface area contributed by atoms with Crippen molar-refractivity contribution in [1.82, 2.24) is 34.4 Å². The first-order valence-corrected chi connectivity index (χ1v) is 12.4. The van der Waals surface area contributed by atoms with Gasteiger partial charge in [0.1, 0.15) is 11.5 Å². The number of benzene rings is 1. The lowest BCUT2D eigenvalue weighted by Gasteiger charge is -2.24. The molecule has 1 N–H and O–H groups in total. The summed E-state index contributed by atoms with van der Waals surface area (Å²) in [7, 11) is 1.44. The number of carbonyl (C=O) groups excluding carboxylic acids is 1. The predicted octanol–water partition coefficient (Wildman–Crippen LogP) is 4.53. The molecule has 0 radical (unpaired) electrons. The minimum atomic E-state index is -4.26. The largest absolute Gasteiger partial charge is 0.392 e. The monoisotopic (exact) mass is 551 g/mol. The van der Waals surface area contributed by atoms with Crippen LogP contribution < -0.4 is 5.32 Å². The zero-order valence-electron chi connectivity index (χ0n) is 20.1. The second-order valence-electron chi connectivity index (χ2n) is 9.08. The number of imidazole rings is 1. The van der Waals surface area contributed by atoms with Crippen LogP contribution in [-0.2, 0) is 31.6 Å². The Kier molecular flexibility index (Phi) is 6.66. The Morgan fingerprint density at radius 1 is 1.16 bits per heavy atom. The zero-order chi connectivity index (χ0) is 27.2. The van der Waals surface area contributed by atoms with Crippen LogP contribution in [0.3, 0.4) is 0 Å². The minimum absolute atomic E-state index is 0.0264. The Morgan fingerprint density at radius 3 is 2.55 bits per heavy atom. The highest BCUT2D eigenvalue weighted by molar-refractivity contribution is 7.17. The number of aryl methyl sites for hydroxylation is 2.